The quantitative estimate of drug-likeness (QED) is 0.185. The van der Waals surface area contributed by atoms with Crippen molar-refractivity contribution in [1.82, 2.24) is 20.0 Å². The molecule has 0 saturated heterocycles. The lowest BCUT2D eigenvalue weighted by atomic mass is 9.98. The number of amides is 2. The molecule has 1 unspecified atom stereocenters. The first-order valence-corrected chi connectivity index (χ1v) is 13.3. The third-order valence-corrected chi connectivity index (χ3v) is 6.63. The van der Waals surface area contributed by atoms with E-state index in [1.54, 1.807) is 36.9 Å². The molecular weight excluding hydrogens is 564 g/mol. The summed E-state index contributed by atoms with van der Waals surface area (Å²) in [5.41, 5.74) is 0.806. The van der Waals surface area contributed by atoms with E-state index in [2.05, 4.69) is 10.4 Å². The van der Waals surface area contributed by atoms with Gasteiger partial charge in [0, 0.05) is 31.1 Å². The van der Waals surface area contributed by atoms with Crippen molar-refractivity contribution in [2.45, 2.75) is 32.1 Å². The van der Waals surface area contributed by atoms with E-state index in [9.17, 15) is 32.4 Å². The molecule has 5 rings (SSSR count). The van der Waals surface area contributed by atoms with E-state index < -0.39 is 29.6 Å². The average molecular weight is 593 g/mol. The Bertz CT molecular complexity index is 1620. The largest absolute Gasteiger partial charge is 0.416 e. The molecule has 1 N–H and O–H groups in total. The number of nitriles is 1. The zero-order valence-electron chi connectivity index (χ0n) is 23.3. The SMILES string of the molecule is CCN1C(=O)C(NC(=O)c2cccc(C(F)(F)F)c2)Cc2c(CN(C)C#N)nn(-c3ccccc3)c21.Fc1ccccc1. The van der Waals surface area contributed by atoms with Gasteiger partial charge < -0.3 is 10.2 Å². The molecule has 1 aromatic heterocycles. The van der Waals surface area contributed by atoms with Gasteiger partial charge in [0.15, 0.2) is 6.19 Å². The normalized spacial score (nSPS) is 14.2. The lowest BCUT2D eigenvalue weighted by Gasteiger charge is -2.33. The number of nitrogens with zero attached hydrogens (tertiary/aromatic N) is 5. The van der Waals surface area contributed by atoms with Crippen LogP contribution in [0, 0.1) is 17.3 Å². The molecule has 4 aromatic rings. The Morgan fingerprint density at radius 2 is 1.72 bits per heavy atom. The fraction of sp³-hybridized carbons (Fsp3) is 0.226. The fourth-order valence-electron chi connectivity index (χ4n) is 4.60. The molecule has 0 bridgehead atoms. The van der Waals surface area contributed by atoms with Crippen LogP contribution in [-0.2, 0) is 23.9 Å². The molecule has 0 fully saturated rings. The molecule has 3 aromatic carbocycles. The first-order valence-electron chi connectivity index (χ1n) is 13.3. The van der Waals surface area contributed by atoms with Gasteiger partial charge >= 0.3 is 6.18 Å². The van der Waals surface area contributed by atoms with E-state index in [-0.39, 0.29) is 30.9 Å². The van der Waals surface area contributed by atoms with Gasteiger partial charge in [-0.2, -0.15) is 23.5 Å². The molecule has 1 aliphatic rings. The van der Waals surface area contributed by atoms with Crippen LogP contribution in [0.15, 0.2) is 84.9 Å². The second-order valence-electron chi connectivity index (χ2n) is 9.64. The minimum Gasteiger partial charge on any atom is -0.340 e. The lowest BCUT2D eigenvalue weighted by Crippen LogP contribution is -2.53. The molecule has 0 aliphatic carbocycles. The summed E-state index contributed by atoms with van der Waals surface area (Å²) < 4.78 is 52.9. The predicted octanol–water partition coefficient (Wildman–Crippen LogP) is 5.34. The van der Waals surface area contributed by atoms with Gasteiger partial charge in [-0.15, -0.1) is 0 Å². The van der Waals surface area contributed by atoms with Crippen LogP contribution in [0.5, 0.6) is 0 Å². The van der Waals surface area contributed by atoms with Gasteiger partial charge in [0.2, 0.25) is 0 Å². The van der Waals surface area contributed by atoms with Gasteiger partial charge in [0.05, 0.1) is 23.5 Å². The summed E-state index contributed by atoms with van der Waals surface area (Å²) in [4.78, 5) is 29.2. The maximum absolute atomic E-state index is 13.4. The topological polar surface area (TPSA) is 94.3 Å². The van der Waals surface area contributed by atoms with Crippen molar-refractivity contribution in [1.29, 1.82) is 5.26 Å². The highest BCUT2D eigenvalue weighted by molar-refractivity contribution is 6.04. The Kier molecular flexibility index (Phi) is 9.45. The minimum absolute atomic E-state index is 0.0802. The van der Waals surface area contributed by atoms with Crippen molar-refractivity contribution >= 4 is 17.6 Å². The number of carbonyl (C=O) groups excluding carboxylic acids is 2. The highest BCUT2D eigenvalue weighted by atomic mass is 19.4. The molecule has 43 heavy (non-hydrogen) atoms. The summed E-state index contributed by atoms with van der Waals surface area (Å²) in [5.74, 6) is -0.824. The van der Waals surface area contributed by atoms with E-state index in [0.29, 0.717) is 17.1 Å². The lowest BCUT2D eigenvalue weighted by molar-refractivity contribution is -0.137. The Morgan fingerprint density at radius 1 is 1.07 bits per heavy atom. The van der Waals surface area contributed by atoms with Crippen LogP contribution in [0.25, 0.3) is 5.69 Å². The summed E-state index contributed by atoms with van der Waals surface area (Å²) >= 11 is 0. The number of para-hydroxylation sites is 1. The molecule has 2 amide bonds. The van der Waals surface area contributed by atoms with Crippen LogP contribution in [-0.4, -0.2) is 46.1 Å². The Balaban J connectivity index is 0.000000530. The molecule has 8 nitrogen and oxygen atoms in total. The standard InChI is InChI=1S/C25H23F3N6O2.C6H5F/c1-3-33-23-19(21(14-32(2)15-29)31-34(23)18-10-5-4-6-11-18)13-20(24(33)36)30-22(35)16-8-7-9-17(12-16)25(26,27)28;7-6-4-2-1-3-5-6/h4-12,20H,3,13-14H2,1-2H3,(H,30,35);1-5H. The second-order valence-corrected chi connectivity index (χ2v) is 9.64. The van der Waals surface area contributed by atoms with E-state index in [0.717, 1.165) is 23.9 Å². The summed E-state index contributed by atoms with van der Waals surface area (Å²) in [6.45, 7) is 2.23. The summed E-state index contributed by atoms with van der Waals surface area (Å²) in [7, 11) is 1.60. The third-order valence-electron chi connectivity index (χ3n) is 6.63. The van der Waals surface area contributed by atoms with Crippen molar-refractivity contribution in [3.8, 4) is 11.9 Å². The second kappa shape index (κ2) is 13.2. The van der Waals surface area contributed by atoms with Crippen LogP contribution in [0.1, 0.15) is 34.1 Å². The zero-order chi connectivity index (χ0) is 31.1. The molecular formula is C31H28F4N6O2. The number of aromatic nitrogens is 2. The van der Waals surface area contributed by atoms with Crippen LogP contribution < -0.4 is 10.2 Å². The number of hydrogen-bond acceptors (Lipinski definition) is 5. The van der Waals surface area contributed by atoms with Crippen molar-refractivity contribution in [3.05, 3.63) is 113 Å². The van der Waals surface area contributed by atoms with Crippen molar-refractivity contribution in [2.24, 2.45) is 0 Å². The first kappa shape index (κ1) is 30.8. The molecule has 0 saturated carbocycles. The fourth-order valence-corrected chi connectivity index (χ4v) is 4.60. The summed E-state index contributed by atoms with van der Waals surface area (Å²) in [6, 6.07) is 20.2. The van der Waals surface area contributed by atoms with Gasteiger partial charge in [0.25, 0.3) is 11.8 Å². The van der Waals surface area contributed by atoms with E-state index in [1.165, 1.54) is 28.0 Å². The molecule has 1 atom stereocenters. The van der Waals surface area contributed by atoms with Crippen molar-refractivity contribution < 1.29 is 27.2 Å². The van der Waals surface area contributed by atoms with Crippen LogP contribution in [0.4, 0.5) is 23.4 Å². The number of anilines is 1. The molecule has 0 spiro atoms. The number of hydrogen-bond donors (Lipinski definition) is 1. The molecule has 0 radical (unpaired) electrons. The molecule has 1 aliphatic heterocycles. The molecule has 12 heteroatoms. The number of alkyl halides is 3. The van der Waals surface area contributed by atoms with Crippen LogP contribution >= 0.6 is 0 Å². The van der Waals surface area contributed by atoms with Gasteiger partial charge in [0.1, 0.15) is 17.7 Å². The van der Waals surface area contributed by atoms with Crippen molar-refractivity contribution in [3.63, 3.8) is 0 Å². The number of rotatable bonds is 6. The predicted molar refractivity (Wildman–Crippen MR) is 151 cm³/mol. The highest BCUT2D eigenvalue weighted by Crippen LogP contribution is 2.34. The maximum atomic E-state index is 13.4. The number of carbonyl (C=O) groups is 2. The highest BCUT2D eigenvalue weighted by Gasteiger charge is 2.39. The third kappa shape index (κ3) is 7.19. The number of fused-ring (bicyclic) bond motifs is 1. The smallest absolute Gasteiger partial charge is 0.340 e. The number of likely N-dealkylation sites (N-methyl/N-ethyl adjacent to an activating group) is 1. The first-order chi connectivity index (χ1) is 20.5. The van der Waals surface area contributed by atoms with Crippen molar-refractivity contribution in [2.75, 3.05) is 18.5 Å². The van der Waals surface area contributed by atoms with E-state index >= 15 is 0 Å². The van der Waals surface area contributed by atoms with Crippen LogP contribution in [0.3, 0.4) is 0 Å². The zero-order valence-corrected chi connectivity index (χ0v) is 23.3. The van der Waals surface area contributed by atoms with E-state index in [4.69, 9.17) is 0 Å². The Morgan fingerprint density at radius 3 is 2.28 bits per heavy atom. The van der Waals surface area contributed by atoms with Crippen LogP contribution in [0.2, 0.25) is 0 Å². The Hall–Kier alpha value is -5.18. The van der Waals surface area contributed by atoms with Gasteiger partial charge in [-0.3, -0.25) is 14.5 Å². The number of nitrogens with one attached hydrogen (secondary N) is 1. The number of benzene rings is 3. The van der Waals surface area contributed by atoms with Gasteiger partial charge in [-0.25, -0.2) is 9.07 Å². The summed E-state index contributed by atoms with van der Waals surface area (Å²) in [5, 5.41) is 16.6. The number of halogens is 4. The maximum Gasteiger partial charge on any atom is 0.416 e. The average Bonchev–Trinajstić information content (AvgIpc) is 3.35. The Labute approximate surface area is 245 Å². The molecule has 222 valence electrons. The monoisotopic (exact) mass is 592 g/mol. The van der Waals surface area contributed by atoms with E-state index in [1.807, 2.05) is 36.5 Å². The van der Waals surface area contributed by atoms with Gasteiger partial charge in [-0.1, -0.05) is 42.5 Å². The molecule has 2 heterocycles. The summed E-state index contributed by atoms with van der Waals surface area (Å²) in [6.07, 6.45) is -2.49. The minimum atomic E-state index is -4.60. The van der Waals surface area contributed by atoms with Gasteiger partial charge in [-0.05, 0) is 49.4 Å².